The molecule has 1 heterocycles. The molecule has 0 atom stereocenters. The van der Waals surface area contributed by atoms with Crippen LogP contribution in [0.4, 0.5) is 10.8 Å². The third-order valence-electron chi connectivity index (χ3n) is 4.09. The minimum atomic E-state index is 0.608. The second-order valence-corrected chi connectivity index (χ2v) is 8.43. The molecule has 27 heavy (non-hydrogen) atoms. The summed E-state index contributed by atoms with van der Waals surface area (Å²) in [4.78, 5) is 8.06. The van der Waals surface area contributed by atoms with Gasteiger partial charge in [0.15, 0.2) is 5.13 Å². The van der Waals surface area contributed by atoms with Gasteiger partial charge in [-0.15, -0.1) is 11.3 Å². The van der Waals surface area contributed by atoms with E-state index in [-0.39, 0.29) is 0 Å². The summed E-state index contributed by atoms with van der Waals surface area (Å²) in [6, 6.07) is 11.1. The normalized spacial score (nSPS) is 10.9. The molecule has 3 aromatic rings. The van der Waals surface area contributed by atoms with Gasteiger partial charge in [-0.1, -0.05) is 41.7 Å². The summed E-state index contributed by atoms with van der Waals surface area (Å²) in [5.74, 6) is 0.718. The Morgan fingerprint density at radius 1 is 1.07 bits per heavy atom. The summed E-state index contributed by atoms with van der Waals surface area (Å²) in [5, 5.41) is 2.75. The average molecular weight is 442 g/mol. The molecule has 0 radical (unpaired) electrons. The molecular formula is C20H19Cl3N2OS. The molecule has 0 bridgehead atoms. The lowest BCUT2D eigenvalue weighted by atomic mass is 10.1. The third-order valence-corrected chi connectivity index (χ3v) is 5.95. The average Bonchev–Trinajstić information content (AvgIpc) is 3.03. The van der Waals surface area contributed by atoms with Gasteiger partial charge in [0.1, 0.15) is 5.75 Å². The predicted octanol–water partition coefficient (Wildman–Crippen LogP) is 7.64. The first kappa shape index (κ1) is 20.3. The monoisotopic (exact) mass is 440 g/mol. The number of aromatic nitrogens is 1. The van der Waals surface area contributed by atoms with E-state index >= 15 is 0 Å². The highest BCUT2D eigenvalue weighted by molar-refractivity contribution is 7.16. The molecule has 1 aromatic heterocycles. The van der Waals surface area contributed by atoms with E-state index in [9.17, 15) is 0 Å². The predicted molar refractivity (Wildman–Crippen MR) is 118 cm³/mol. The Labute approximate surface area is 178 Å². The quantitative estimate of drug-likeness (QED) is 0.393. The van der Waals surface area contributed by atoms with Gasteiger partial charge < -0.3 is 9.64 Å². The third kappa shape index (κ3) is 4.35. The molecule has 142 valence electrons. The fourth-order valence-electron chi connectivity index (χ4n) is 2.80. The molecular weight excluding hydrogens is 423 g/mol. The SMILES string of the molecule is CCCN(c1nc(-c2ccc(OC)cc2Cl)c(C)s1)c1cc(Cl)ccc1Cl. The topological polar surface area (TPSA) is 25.4 Å². The molecule has 0 spiro atoms. The lowest BCUT2D eigenvalue weighted by molar-refractivity contribution is 0.415. The molecule has 0 aliphatic heterocycles. The van der Waals surface area contributed by atoms with Gasteiger partial charge in [0.25, 0.3) is 0 Å². The smallest absolute Gasteiger partial charge is 0.190 e. The van der Waals surface area contributed by atoms with Crippen molar-refractivity contribution in [2.75, 3.05) is 18.6 Å². The van der Waals surface area contributed by atoms with E-state index in [1.165, 1.54) is 0 Å². The largest absolute Gasteiger partial charge is 0.497 e. The number of thiazole rings is 1. The first-order valence-corrected chi connectivity index (χ1v) is 10.4. The number of nitrogens with zero attached hydrogens (tertiary/aromatic N) is 2. The van der Waals surface area contributed by atoms with Crippen LogP contribution in [0.25, 0.3) is 11.3 Å². The van der Waals surface area contributed by atoms with Crippen LogP contribution in [0.2, 0.25) is 15.1 Å². The molecule has 0 saturated carbocycles. The number of benzene rings is 2. The Morgan fingerprint density at radius 2 is 1.85 bits per heavy atom. The highest BCUT2D eigenvalue weighted by Gasteiger charge is 2.20. The van der Waals surface area contributed by atoms with Crippen molar-refractivity contribution in [1.82, 2.24) is 4.98 Å². The maximum absolute atomic E-state index is 6.46. The number of aryl methyl sites for hydroxylation is 1. The number of ether oxygens (including phenoxy) is 1. The molecule has 0 unspecified atom stereocenters. The summed E-state index contributed by atoms with van der Waals surface area (Å²) < 4.78 is 5.24. The lowest BCUT2D eigenvalue weighted by Gasteiger charge is -2.22. The zero-order valence-corrected chi connectivity index (χ0v) is 18.3. The number of halogens is 3. The lowest BCUT2D eigenvalue weighted by Crippen LogP contribution is -2.18. The summed E-state index contributed by atoms with van der Waals surface area (Å²) in [5.41, 5.74) is 2.60. The van der Waals surface area contributed by atoms with E-state index in [4.69, 9.17) is 44.5 Å². The van der Waals surface area contributed by atoms with Crippen molar-refractivity contribution in [2.45, 2.75) is 20.3 Å². The molecule has 0 N–H and O–H groups in total. The number of rotatable bonds is 6. The van der Waals surface area contributed by atoms with Gasteiger partial charge in [0.2, 0.25) is 0 Å². The summed E-state index contributed by atoms with van der Waals surface area (Å²) in [7, 11) is 1.62. The molecule has 0 aliphatic rings. The van der Waals surface area contributed by atoms with Crippen molar-refractivity contribution in [1.29, 1.82) is 0 Å². The van der Waals surface area contributed by atoms with Crippen molar-refractivity contribution >= 4 is 57.0 Å². The molecule has 7 heteroatoms. The van der Waals surface area contributed by atoms with Gasteiger partial charge in [-0.2, -0.15) is 0 Å². The fourth-order valence-corrected chi connectivity index (χ4v) is 4.41. The Bertz CT molecular complexity index is 958. The van der Waals surface area contributed by atoms with Gasteiger partial charge in [-0.3, -0.25) is 0 Å². The molecule has 2 aromatic carbocycles. The standard InChI is InChI=1S/C20H19Cl3N2OS/c1-4-9-25(18-10-13(21)5-8-16(18)22)20-24-19(12(2)27-20)15-7-6-14(26-3)11-17(15)23/h5-8,10-11H,4,9H2,1-3H3. The maximum Gasteiger partial charge on any atom is 0.190 e. The van der Waals surface area contributed by atoms with Gasteiger partial charge in [-0.25, -0.2) is 4.98 Å². The molecule has 0 amide bonds. The van der Waals surface area contributed by atoms with Crippen molar-refractivity contribution in [3.8, 4) is 17.0 Å². The van der Waals surface area contributed by atoms with E-state index < -0.39 is 0 Å². The molecule has 0 saturated heterocycles. The van der Waals surface area contributed by atoms with Gasteiger partial charge >= 0.3 is 0 Å². The van der Waals surface area contributed by atoms with Crippen molar-refractivity contribution in [2.24, 2.45) is 0 Å². The number of hydrogen-bond donors (Lipinski definition) is 0. The summed E-state index contributed by atoms with van der Waals surface area (Å²) >= 11 is 20.7. The van der Waals surface area contributed by atoms with Gasteiger partial charge in [0, 0.05) is 22.0 Å². The molecule has 0 fully saturated rings. The second kappa shape index (κ2) is 8.70. The van der Waals surface area contributed by atoms with E-state index in [1.807, 2.05) is 31.2 Å². The highest BCUT2D eigenvalue weighted by atomic mass is 35.5. The van der Waals surface area contributed by atoms with Crippen LogP contribution in [0.1, 0.15) is 18.2 Å². The molecule has 3 nitrogen and oxygen atoms in total. The Kier molecular flexibility index (Phi) is 6.53. The van der Waals surface area contributed by atoms with Crippen molar-refractivity contribution in [3.05, 3.63) is 56.3 Å². The molecule has 3 rings (SSSR count). The zero-order chi connectivity index (χ0) is 19.6. The van der Waals surface area contributed by atoms with E-state index in [1.54, 1.807) is 30.6 Å². The van der Waals surface area contributed by atoms with Crippen molar-refractivity contribution in [3.63, 3.8) is 0 Å². The number of hydrogen-bond acceptors (Lipinski definition) is 4. The minimum Gasteiger partial charge on any atom is -0.497 e. The van der Waals surface area contributed by atoms with E-state index in [0.29, 0.717) is 15.1 Å². The Hall–Kier alpha value is -1.46. The van der Waals surface area contributed by atoms with Crippen LogP contribution in [-0.2, 0) is 0 Å². The molecule has 0 aliphatic carbocycles. The maximum atomic E-state index is 6.46. The van der Waals surface area contributed by atoms with Crippen LogP contribution in [0.5, 0.6) is 5.75 Å². The summed E-state index contributed by atoms with van der Waals surface area (Å²) in [6.45, 7) is 4.94. The Morgan fingerprint density at radius 3 is 2.52 bits per heavy atom. The first-order valence-electron chi connectivity index (χ1n) is 8.48. The first-order chi connectivity index (χ1) is 12.9. The zero-order valence-electron chi connectivity index (χ0n) is 15.2. The van der Waals surface area contributed by atoms with E-state index in [2.05, 4.69) is 11.8 Å². The van der Waals surface area contributed by atoms with Crippen LogP contribution >= 0.6 is 46.1 Å². The number of anilines is 2. The van der Waals surface area contributed by atoms with Crippen LogP contribution in [-0.4, -0.2) is 18.6 Å². The van der Waals surface area contributed by atoms with Crippen LogP contribution in [0, 0.1) is 6.92 Å². The summed E-state index contributed by atoms with van der Waals surface area (Å²) in [6.07, 6.45) is 0.945. The van der Waals surface area contributed by atoms with Gasteiger partial charge in [0.05, 0.1) is 28.5 Å². The highest BCUT2D eigenvalue weighted by Crippen LogP contribution is 2.41. The van der Waals surface area contributed by atoms with Gasteiger partial charge in [-0.05, 0) is 49.7 Å². The van der Waals surface area contributed by atoms with Crippen LogP contribution in [0.15, 0.2) is 36.4 Å². The fraction of sp³-hybridized carbons (Fsp3) is 0.250. The second-order valence-electron chi connectivity index (χ2n) is 5.99. The van der Waals surface area contributed by atoms with Crippen molar-refractivity contribution < 1.29 is 4.74 Å². The van der Waals surface area contributed by atoms with E-state index in [0.717, 1.165) is 45.7 Å². The minimum absolute atomic E-state index is 0.608. The van der Waals surface area contributed by atoms with Crippen LogP contribution in [0.3, 0.4) is 0 Å². The van der Waals surface area contributed by atoms with Crippen LogP contribution < -0.4 is 9.64 Å². The number of methoxy groups -OCH3 is 1. The Balaban J connectivity index is 2.06.